The third-order valence-corrected chi connectivity index (χ3v) is 1.71. The van der Waals surface area contributed by atoms with Crippen LogP contribution in [0.15, 0.2) is 35.7 Å². The standard InChI is InChI=1S/C8H8O3S.Na.HO.H/c9-12(10,11)7-6-8-4-2-1-3-5-8;;;/h1-7H,(H,9,10,11);;1H;. The Morgan fingerprint density at radius 2 is 1.64 bits per heavy atom. The largest absolute Gasteiger partial charge is 0.255 e. The van der Waals surface area contributed by atoms with Gasteiger partial charge in [0.15, 0.2) is 0 Å². The summed E-state index contributed by atoms with van der Waals surface area (Å²) in [6, 6.07) is 8.86. The summed E-state index contributed by atoms with van der Waals surface area (Å²) in [7, 11) is -4.00. The van der Waals surface area contributed by atoms with E-state index in [9.17, 15) is 8.42 Å². The van der Waals surface area contributed by atoms with Crippen LogP contribution in [0.4, 0.5) is 0 Å². The molecule has 0 aromatic heterocycles. The van der Waals surface area contributed by atoms with Crippen LogP contribution >= 0.6 is 0 Å². The Labute approximate surface area is 105 Å². The monoisotopic (exact) mass is 225 g/mol. The molecule has 0 aliphatic heterocycles. The fourth-order valence-electron chi connectivity index (χ4n) is 0.729. The average Bonchev–Trinajstić information content (AvgIpc) is 2.02. The van der Waals surface area contributed by atoms with Crippen molar-refractivity contribution in [3.8, 4) is 0 Å². The molecule has 1 aromatic carbocycles. The van der Waals surface area contributed by atoms with Gasteiger partial charge in [-0.3, -0.25) is 10.0 Å². The molecule has 0 fully saturated rings. The van der Waals surface area contributed by atoms with Crippen LogP contribution in [0.2, 0.25) is 0 Å². The van der Waals surface area contributed by atoms with Crippen molar-refractivity contribution in [2.24, 2.45) is 0 Å². The van der Waals surface area contributed by atoms with Gasteiger partial charge in [0.05, 0.1) is 5.41 Å². The zero-order valence-electron chi connectivity index (χ0n) is 6.66. The maximum Gasteiger partial charge on any atom is -0.255 e. The average molecular weight is 225 g/mol. The van der Waals surface area contributed by atoms with Gasteiger partial charge in [-0.25, -0.2) is 0 Å². The Kier molecular flexibility index (Phi) is 8.33. The first-order chi connectivity index (χ1) is 5.58. The predicted octanol–water partition coefficient (Wildman–Crippen LogP) is 0.720. The molecular weight excluding hydrogens is 215 g/mol. The summed E-state index contributed by atoms with van der Waals surface area (Å²) in [5, 5.41) is 0.752. The molecule has 4 nitrogen and oxygen atoms in total. The second-order valence-electron chi connectivity index (χ2n) is 2.23. The van der Waals surface area contributed by atoms with E-state index in [0.717, 1.165) is 11.0 Å². The van der Waals surface area contributed by atoms with Gasteiger partial charge < -0.3 is 0 Å². The van der Waals surface area contributed by atoms with E-state index in [1.54, 1.807) is 24.3 Å². The maximum atomic E-state index is 10.3. The van der Waals surface area contributed by atoms with Gasteiger partial charge in [0.1, 0.15) is 0 Å². The Morgan fingerprint density at radius 1 is 1.14 bits per heavy atom. The van der Waals surface area contributed by atoms with Gasteiger partial charge in [-0.15, -0.1) is 0 Å². The van der Waals surface area contributed by atoms with Crippen LogP contribution in [0, 0.1) is 0 Å². The summed E-state index contributed by atoms with van der Waals surface area (Å²) >= 11 is 0. The zero-order chi connectivity index (χ0) is 9.03. The van der Waals surface area contributed by atoms with Gasteiger partial charge in [-0.1, -0.05) is 30.3 Å². The molecule has 0 spiro atoms. The first-order valence-electron chi connectivity index (χ1n) is 3.28. The second-order valence-corrected chi connectivity index (χ2v) is 3.53. The zero-order valence-corrected chi connectivity index (χ0v) is 7.48. The van der Waals surface area contributed by atoms with E-state index in [4.69, 9.17) is 4.55 Å². The van der Waals surface area contributed by atoms with Crippen molar-refractivity contribution in [2.75, 3.05) is 0 Å². The van der Waals surface area contributed by atoms with Crippen LogP contribution in [0.5, 0.6) is 0 Å². The minimum absolute atomic E-state index is 0. The minimum atomic E-state index is -4.00. The second kappa shape index (κ2) is 7.17. The molecule has 0 bridgehead atoms. The van der Waals surface area contributed by atoms with Gasteiger partial charge in [0.25, 0.3) is 10.1 Å². The molecule has 73 valence electrons. The Morgan fingerprint density at radius 3 is 2.07 bits per heavy atom. The molecule has 2 N–H and O–H groups in total. The van der Waals surface area contributed by atoms with Gasteiger partial charge in [-0.2, -0.15) is 8.42 Å². The molecule has 0 atom stereocenters. The van der Waals surface area contributed by atoms with Gasteiger partial charge in [0, 0.05) is 0 Å². The molecule has 6 heteroatoms. The third kappa shape index (κ3) is 7.25. The Hall–Kier alpha value is -0.170. The summed E-state index contributed by atoms with van der Waals surface area (Å²) in [5.41, 5.74) is 0.732. The molecule has 1 rings (SSSR count). The molecule has 0 unspecified atom stereocenters. The van der Waals surface area contributed by atoms with Crippen LogP contribution in [0.25, 0.3) is 6.08 Å². The Balaban J connectivity index is 0. The molecule has 0 heterocycles. The normalized spacial score (nSPS) is 10.4. The van der Waals surface area contributed by atoms with Crippen LogP contribution < -0.4 is 0 Å². The first-order valence-corrected chi connectivity index (χ1v) is 4.79. The summed E-state index contributed by atoms with van der Waals surface area (Å²) in [5.74, 6) is 0. The van der Waals surface area contributed by atoms with Crippen molar-refractivity contribution >= 4 is 45.8 Å². The van der Waals surface area contributed by atoms with E-state index in [1.807, 2.05) is 6.07 Å². The maximum absolute atomic E-state index is 10.3. The van der Waals surface area contributed by atoms with Crippen molar-refractivity contribution < 1.29 is 18.4 Å². The topological polar surface area (TPSA) is 84.4 Å². The first kappa shape index (κ1) is 16.3. The molecule has 0 aliphatic rings. The van der Waals surface area contributed by atoms with Gasteiger partial charge in [0.2, 0.25) is 0 Å². The van der Waals surface area contributed by atoms with Crippen LogP contribution in [-0.2, 0) is 10.1 Å². The molecule has 0 saturated carbocycles. The van der Waals surface area contributed by atoms with E-state index in [2.05, 4.69) is 0 Å². The van der Waals surface area contributed by atoms with Crippen molar-refractivity contribution in [1.82, 2.24) is 0 Å². The van der Waals surface area contributed by atoms with E-state index >= 15 is 0 Å². The van der Waals surface area contributed by atoms with Crippen molar-refractivity contribution in [3.05, 3.63) is 41.3 Å². The fraction of sp³-hybridized carbons (Fsp3) is 0. The van der Waals surface area contributed by atoms with Crippen molar-refractivity contribution in [1.29, 1.82) is 0 Å². The predicted molar refractivity (Wildman–Crippen MR) is 56.1 cm³/mol. The van der Waals surface area contributed by atoms with Crippen molar-refractivity contribution in [3.63, 3.8) is 0 Å². The summed E-state index contributed by atoms with van der Waals surface area (Å²) < 4.78 is 28.9. The minimum Gasteiger partial charge on any atom is -0.255 e. The molecule has 0 amide bonds. The fourth-order valence-corrected chi connectivity index (χ4v) is 1.06. The quantitative estimate of drug-likeness (QED) is 0.574. The summed E-state index contributed by atoms with van der Waals surface area (Å²) in [6.45, 7) is 0. The number of hydrogen-bond donors (Lipinski definition) is 2. The van der Waals surface area contributed by atoms with Crippen LogP contribution in [-0.4, -0.2) is 48.0 Å². The van der Waals surface area contributed by atoms with Gasteiger partial charge in [-0.05, 0) is 11.6 Å². The molecule has 1 aromatic rings. The van der Waals surface area contributed by atoms with E-state index in [-0.39, 0.29) is 35.0 Å². The van der Waals surface area contributed by atoms with Gasteiger partial charge >= 0.3 is 29.6 Å². The molecule has 14 heavy (non-hydrogen) atoms. The van der Waals surface area contributed by atoms with Crippen LogP contribution in [0.3, 0.4) is 0 Å². The SMILES string of the molecule is O=S(=O)(O)C=Cc1ccccc1.[NaH].[OH]. The summed E-state index contributed by atoms with van der Waals surface area (Å²) in [4.78, 5) is 0. The summed E-state index contributed by atoms with van der Waals surface area (Å²) in [6.07, 6.45) is 1.33. The number of benzene rings is 1. The molecule has 1 radical (unpaired) electrons. The third-order valence-electron chi connectivity index (χ3n) is 1.23. The van der Waals surface area contributed by atoms with Crippen LogP contribution in [0.1, 0.15) is 5.56 Å². The number of rotatable bonds is 2. The van der Waals surface area contributed by atoms with E-state index in [0.29, 0.717) is 0 Å². The van der Waals surface area contributed by atoms with E-state index < -0.39 is 10.1 Å². The smallest absolute Gasteiger partial charge is 0.255 e. The molecular formula is C8H10NaO4S. The van der Waals surface area contributed by atoms with Crippen molar-refractivity contribution in [2.45, 2.75) is 0 Å². The molecule has 0 aliphatic carbocycles. The van der Waals surface area contributed by atoms with E-state index in [1.165, 1.54) is 6.08 Å². The Bertz CT molecular complexity index is 372. The number of hydrogen-bond acceptors (Lipinski definition) is 2. The molecule has 0 saturated heterocycles.